The molecule has 0 unspecified atom stereocenters. The molecule has 0 amide bonds. The Morgan fingerprint density at radius 3 is 3.00 bits per heavy atom. The molecule has 0 aliphatic rings. The first-order chi connectivity index (χ1) is 5.22. The van der Waals surface area contributed by atoms with Gasteiger partial charge in [-0.15, -0.1) is 11.3 Å². The highest BCUT2D eigenvalue weighted by atomic mass is 79.9. The maximum atomic E-state index is 4.16. The Hall–Kier alpha value is -0.150. The average Bonchev–Trinajstić information content (AvgIpc) is 2.35. The number of thiazole rings is 1. The Morgan fingerprint density at radius 2 is 2.55 bits per heavy atom. The second-order valence-electron chi connectivity index (χ2n) is 2.41. The summed E-state index contributed by atoms with van der Waals surface area (Å²) in [7, 11) is 0. The Labute approximate surface area is 79.3 Å². The standard InChI is InChI=1S/C8H10BrNS/c1-6(4-9)3-8-5-10-7(2)11-8/h3,5H,4H2,1-2H3. The molecule has 0 atom stereocenters. The quantitative estimate of drug-likeness (QED) is 0.713. The van der Waals surface area contributed by atoms with Crippen molar-refractivity contribution in [2.75, 3.05) is 5.33 Å². The largest absolute Gasteiger partial charge is 0.249 e. The topological polar surface area (TPSA) is 12.9 Å². The minimum atomic E-state index is 0.934. The highest BCUT2D eigenvalue weighted by Crippen LogP contribution is 2.15. The molecule has 60 valence electrons. The Kier molecular flexibility index (Phi) is 3.27. The summed E-state index contributed by atoms with van der Waals surface area (Å²) in [5.41, 5.74) is 1.33. The van der Waals surface area contributed by atoms with Gasteiger partial charge in [0, 0.05) is 16.4 Å². The van der Waals surface area contributed by atoms with Crippen LogP contribution in [0.5, 0.6) is 0 Å². The number of aryl methyl sites for hydroxylation is 1. The van der Waals surface area contributed by atoms with Crippen molar-refractivity contribution >= 4 is 33.3 Å². The van der Waals surface area contributed by atoms with E-state index in [0.717, 1.165) is 10.3 Å². The summed E-state index contributed by atoms with van der Waals surface area (Å²) in [6.45, 7) is 4.12. The monoisotopic (exact) mass is 231 g/mol. The number of aromatic nitrogens is 1. The van der Waals surface area contributed by atoms with Crippen LogP contribution in [0.1, 0.15) is 16.8 Å². The highest BCUT2D eigenvalue weighted by molar-refractivity contribution is 9.09. The van der Waals surface area contributed by atoms with Crippen molar-refractivity contribution in [3.63, 3.8) is 0 Å². The maximum absolute atomic E-state index is 4.16. The molecule has 1 heterocycles. The van der Waals surface area contributed by atoms with E-state index in [0.29, 0.717) is 0 Å². The van der Waals surface area contributed by atoms with Gasteiger partial charge in [-0.3, -0.25) is 0 Å². The van der Waals surface area contributed by atoms with E-state index in [2.05, 4.69) is 33.9 Å². The third-order valence-corrected chi connectivity index (χ3v) is 2.98. The van der Waals surface area contributed by atoms with Crippen molar-refractivity contribution in [1.29, 1.82) is 0 Å². The Bertz CT molecular complexity index is 265. The molecule has 0 aliphatic heterocycles. The molecule has 1 nitrogen and oxygen atoms in total. The van der Waals surface area contributed by atoms with E-state index in [9.17, 15) is 0 Å². The summed E-state index contributed by atoms with van der Waals surface area (Å²) in [5.74, 6) is 0. The van der Waals surface area contributed by atoms with Crippen molar-refractivity contribution in [2.45, 2.75) is 13.8 Å². The van der Waals surface area contributed by atoms with Gasteiger partial charge in [-0.25, -0.2) is 4.98 Å². The lowest BCUT2D eigenvalue weighted by molar-refractivity contribution is 1.29. The number of rotatable bonds is 2. The van der Waals surface area contributed by atoms with Crippen LogP contribution in [0.2, 0.25) is 0 Å². The summed E-state index contributed by atoms with van der Waals surface area (Å²) in [4.78, 5) is 5.40. The molecule has 0 aliphatic carbocycles. The molecule has 0 radical (unpaired) electrons. The van der Waals surface area contributed by atoms with Crippen LogP contribution in [0.25, 0.3) is 6.08 Å². The van der Waals surface area contributed by atoms with Gasteiger partial charge >= 0.3 is 0 Å². The van der Waals surface area contributed by atoms with E-state index in [1.807, 2.05) is 13.1 Å². The van der Waals surface area contributed by atoms with Gasteiger partial charge in [0.2, 0.25) is 0 Å². The van der Waals surface area contributed by atoms with Crippen LogP contribution >= 0.6 is 27.3 Å². The lowest BCUT2D eigenvalue weighted by atomic mass is 10.3. The summed E-state index contributed by atoms with van der Waals surface area (Å²) in [6.07, 6.45) is 4.06. The second kappa shape index (κ2) is 4.02. The molecule has 3 heteroatoms. The molecule has 0 fully saturated rings. The van der Waals surface area contributed by atoms with E-state index >= 15 is 0 Å². The van der Waals surface area contributed by atoms with Crippen LogP contribution in [-0.2, 0) is 0 Å². The number of hydrogen-bond acceptors (Lipinski definition) is 2. The molecule has 1 rings (SSSR count). The van der Waals surface area contributed by atoms with Crippen molar-refractivity contribution in [1.82, 2.24) is 4.98 Å². The normalized spacial score (nSPS) is 12.1. The molecule has 11 heavy (non-hydrogen) atoms. The number of allylic oxidation sites excluding steroid dienone is 1. The molecule has 0 saturated heterocycles. The van der Waals surface area contributed by atoms with Crippen LogP contribution < -0.4 is 0 Å². The molecule has 0 aromatic carbocycles. The van der Waals surface area contributed by atoms with Crippen LogP contribution in [-0.4, -0.2) is 10.3 Å². The van der Waals surface area contributed by atoms with Gasteiger partial charge in [0.1, 0.15) is 0 Å². The Morgan fingerprint density at radius 1 is 1.82 bits per heavy atom. The van der Waals surface area contributed by atoms with Gasteiger partial charge in [0.15, 0.2) is 0 Å². The number of alkyl halides is 1. The maximum Gasteiger partial charge on any atom is 0.0900 e. The SMILES string of the molecule is CC(=Cc1cnc(C)s1)CBr. The molecule has 0 spiro atoms. The fourth-order valence-corrected chi connectivity index (χ4v) is 1.70. The van der Waals surface area contributed by atoms with Crippen LogP contribution in [0, 0.1) is 6.92 Å². The average molecular weight is 232 g/mol. The fourth-order valence-electron chi connectivity index (χ4n) is 0.726. The number of hydrogen-bond donors (Lipinski definition) is 0. The van der Waals surface area contributed by atoms with Crippen LogP contribution in [0.3, 0.4) is 0 Å². The lowest BCUT2D eigenvalue weighted by Gasteiger charge is -1.89. The molecular formula is C8H10BrNS. The molecule has 1 aromatic rings. The van der Waals surface area contributed by atoms with E-state index in [4.69, 9.17) is 0 Å². The third kappa shape index (κ3) is 2.75. The summed E-state index contributed by atoms with van der Waals surface area (Å²) >= 11 is 5.12. The third-order valence-electron chi connectivity index (χ3n) is 1.24. The van der Waals surface area contributed by atoms with Gasteiger partial charge in [-0.2, -0.15) is 0 Å². The van der Waals surface area contributed by atoms with E-state index in [1.54, 1.807) is 11.3 Å². The zero-order valence-corrected chi connectivity index (χ0v) is 9.00. The van der Waals surface area contributed by atoms with Crippen LogP contribution in [0.15, 0.2) is 11.8 Å². The van der Waals surface area contributed by atoms with Gasteiger partial charge in [0.25, 0.3) is 0 Å². The summed E-state index contributed by atoms with van der Waals surface area (Å²) in [5, 5.41) is 2.06. The number of halogens is 1. The highest BCUT2D eigenvalue weighted by Gasteiger charge is 1.93. The van der Waals surface area contributed by atoms with Crippen molar-refractivity contribution in [3.05, 3.63) is 21.7 Å². The minimum absolute atomic E-state index is 0.934. The predicted octanol–water partition coefficient (Wildman–Crippen LogP) is 3.25. The zero-order valence-electron chi connectivity index (χ0n) is 6.60. The van der Waals surface area contributed by atoms with Gasteiger partial charge in [-0.1, -0.05) is 21.5 Å². The van der Waals surface area contributed by atoms with Gasteiger partial charge < -0.3 is 0 Å². The second-order valence-corrected chi connectivity index (χ2v) is 4.23. The Balaban J connectivity index is 2.78. The van der Waals surface area contributed by atoms with Gasteiger partial charge in [-0.05, 0) is 19.9 Å². The van der Waals surface area contributed by atoms with E-state index < -0.39 is 0 Å². The van der Waals surface area contributed by atoms with Crippen molar-refractivity contribution in [2.24, 2.45) is 0 Å². The summed E-state index contributed by atoms with van der Waals surface area (Å²) in [6, 6.07) is 0. The van der Waals surface area contributed by atoms with E-state index in [1.165, 1.54) is 10.5 Å². The molecule has 0 N–H and O–H groups in total. The van der Waals surface area contributed by atoms with Gasteiger partial charge in [0.05, 0.1) is 5.01 Å². The molecular weight excluding hydrogens is 222 g/mol. The van der Waals surface area contributed by atoms with Crippen molar-refractivity contribution in [3.8, 4) is 0 Å². The smallest absolute Gasteiger partial charge is 0.0900 e. The lowest BCUT2D eigenvalue weighted by Crippen LogP contribution is -1.72. The first-order valence-electron chi connectivity index (χ1n) is 3.38. The molecule has 1 aromatic heterocycles. The first-order valence-corrected chi connectivity index (χ1v) is 5.31. The molecule has 0 bridgehead atoms. The minimum Gasteiger partial charge on any atom is -0.249 e. The fraction of sp³-hybridized carbons (Fsp3) is 0.375. The van der Waals surface area contributed by atoms with Crippen LogP contribution in [0.4, 0.5) is 0 Å². The predicted molar refractivity (Wildman–Crippen MR) is 54.3 cm³/mol. The van der Waals surface area contributed by atoms with Crippen molar-refractivity contribution < 1.29 is 0 Å². The summed E-state index contributed by atoms with van der Waals surface area (Å²) < 4.78 is 0. The van der Waals surface area contributed by atoms with E-state index in [-0.39, 0.29) is 0 Å². The number of nitrogens with zero attached hydrogens (tertiary/aromatic N) is 1. The molecule has 0 saturated carbocycles. The first kappa shape index (κ1) is 8.94. The zero-order chi connectivity index (χ0) is 8.27.